The molecule has 39 heavy (non-hydrogen) atoms. The zero-order valence-corrected chi connectivity index (χ0v) is 21.0. The third-order valence-electron chi connectivity index (χ3n) is 10.2. The number of cyclic esters (lactones) is 1. The Morgan fingerprint density at radius 2 is 1.95 bits per heavy atom. The SMILES string of the molecule is C[C@]12CCC3=C(COC3=O)[C@@H]1C[C@@H]1O[C@@]13C(=O)[C@@]1(CCCOC(=O)Oc4ccc([N+](=O)[O-])cc4)O[C@H]1[C@@H]1O[C@]123. The van der Waals surface area contributed by atoms with E-state index in [-0.39, 0.29) is 59.4 Å². The van der Waals surface area contributed by atoms with E-state index < -0.39 is 27.9 Å². The lowest BCUT2D eigenvalue weighted by molar-refractivity contribution is -0.384. The van der Waals surface area contributed by atoms with Crippen molar-refractivity contribution in [3.05, 3.63) is 45.5 Å². The average Bonchev–Trinajstić information content (AvgIpc) is 3.83. The van der Waals surface area contributed by atoms with Crippen LogP contribution in [0.3, 0.4) is 0 Å². The summed E-state index contributed by atoms with van der Waals surface area (Å²) in [5, 5.41) is 10.7. The minimum absolute atomic E-state index is 0.00955. The molecule has 2 saturated carbocycles. The van der Waals surface area contributed by atoms with Crippen molar-refractivity contribution >= 4 is 23.6 Å². The number of nitro benzene ring substituents is 1. The molecule has 8 atom stereocenters. The van der Waals surface area contributed by atoms with Crippen LogP contribution in [0, 0.1) is 21.4 Å². The smallest absolute Gasteiger partial charge is 0.458 e. The van der Waals surface area contributed by atoms with Gasteiger partial charge in [0, 0.05) is 23.1 Å². The molecule has 0 N–H and O–H groups in total. The number of esters is 1. The van der Waals surface area contributed by atoms with E-state index in [2.05, 4.69) is 6.92 Å². The van der Waals surface area contributed by atoms with Gasteiger partial charge in [-0.25, -0.2) is 9.59 Å². The number of nitro groups is 1. The van der Waals surface area contributed by atoms with Crippen LogP contribution in [0.25, 0.3) is 0 Å². The van der Waals surface area contributed by atoms with Crippen LogP contribution in [0.5, 0.6) is 5.75 Å². The lowest BCUT2D eigenvalue weighted by Gasteiger charge is -2.51. The summed E-state index contributed by atoms with van der Waals surface area (Å²) in [4.78, 5) is 48.5. The third-order valence-corrected chi connectivity index (χ3v) is 10.2. The first kappa shape index (κ1) is 23.5. The molecule has 0 aromatic heterocycles. The lowest BCUT2D eigenvalue weighted by atomic mass is 9.47. The van der Waals surface area contributed by atoms with Crippen LogP contribution >= 0.6 is 0 Å². The number of carbonyl (C=O) groups excluding carboxylic acids is 3. The molecule has 5 fully saturated rings. The van der Waals surface area contributed by atoms with E-state index in [0.29, 0.717) is 32.3 Å². The molecule has 3 saturated heterocycles. The van der Waals surface area contributed by atoms with Gasteiger partial charge < -0.3 is 28.4 Å². The molecule has 0 bridgehead atoms. The number of fused-ring (bicyclic) bond motifs is 4. The van der Waals surface area contributed by atoms with Gasteiger partial charge in [-0.3, -0.25) is 14.9 Å². The first-order chi connectivity index (χ1) is 18.7. The summed E-state index contributed by atoms with van der Waals surface area (Å²) in [7, 11) is 0. The van der Waals surface area contributed by atoms with Crippen LogP contribution in [-0.2, 0) is 33.3 Å². The Morgan fingerprint density at radius 3 is 2.72 bits per heavy atom. The third kappa shape index (κ3) is 2.71. The van der Waals surface area contributed by atoms with E-state index in [1.807, 2.05) is 0 Å². The van der Waals surface area contributed by atoms with Crippen LogP contribution in [0.15, 0.2) is 35.4 Å². The largest absolute Gasteiger partial charge is 0.513 e. The molecule has 204 valence electrons. The van der Waals surface area contributed by atoms with Gasteiger partial charge in [0.15, 0.2) is 11.2 Å². The molecule has 4 aliphatic heterocycles. The van der Waals surface area contributed by atoms with E-state index in [1.165, 1.54) is 24.3 Å². The van der Waals surface area contributed by atoms with Crippen molar-refractivity contribution in [2.45, 2.75) is 74.1 Å². The van der Waals surface area contributed by atoms with E-state index in [9.17, 15) is 24.5 Å². The Morgan fingerprint density at radius 1 is 1.15 bits per heavy atom. The summed E-state index contributed by atoms with van der Waals surface area (Å²) in [5.41, 5.74) is -1.47. The maximum absolute atomic E-state index is 14.1. The second-order valence-electron chi connectivity index (χ2n) is 11.7. The number of hydrogen-bond acceptors (Lipinski definition) is 11. The first-order valence-electron chi connectivity index (χ1n) is 13.2. The predicted octanol–water partition coefficient (Wildman–Crippen LogP) is 2.56. The maximum atomic E-state index is 14.1. The van der Waals surface area contributed by atoms with Gasteiger partial charge >= 0.3 is 12.1 Å². The number of nitrogens with zero attached hydrogens (tertiary/aromatic N) is 1. The van der Waals surface area contributed by atoms with Crippen molar-refractivity contribution in [2.75, 3.05) is 13.2 Å². The summed E-state index contributed by atoms with van der Waals surface area (Å²) < 4.78 is 34.4. The highest BCUT2D eigenvalue weighted by molar-refractivity contribution is 6.05. The van der Waals surface area contributed by atoms with Gasteiger partial charge in [0.05, 0.1) is 17.6 Å². The van der Waals surface area contributed by atoms with Crippen molar-refractivity contribution in [2.24, 2.45) is 11.3 Å². The molecule has 3 aliphatic carbocycles. The molecular weight excluding hydrogens is 514 g/mol. The topological polar surface area (TPSA) is 160 Å². The first-order valence-corrected chi connectivity index (χ1v) is 13.2. The van der Waals surface area contributed by atoms with Gasteiger partial charge in [-0.1, -0.05) is 6.92 Å². The zero-order valence-electron chi connectivity index (χ0n) is 21.0. The Balaban J connectivity index is 0.936. The molecule has 1 aromatic carbocycles. The highest BCUT2D eigenvalue weighted by Gasteiger charge is 3.00. The molecule has 12 nitrogen and oxygen atoms in total. The quantitative estimate of drug-likeness (QED) is 0.131. The fourth-order valence-corrected chi connectivity index (χ4v) is 8.31. The van der Waals surface area contributed by atoms with Crippen molar-refractivity contribution in [3.8, 4) is 5.75 Å². The number of non-ortho nitro benzene ring substituents is 1. The number of rotatable bonds is 6. The van der Waals surface area contributed by atoms with Gasteiger partial charge in [-0.15, -0.1) is 0 Å². The van der Waals surface area contributed by atoms with Gasteiger partial charge in [0.2, 0.25) is 5.78 Å². The fraction of sp³-hybridized carbons (Fsp3) is 0.593. The molecular formula is C27H25NO11. The number of benzene rings is 1. The van der Waals surface area contributed by atoms with Crippen LogP contribution < -0.4 is 4.74 Å². The minimum atomic E-state index is -1.03. The standard InChI is InChI=1S/C27H25NO11/c1-24-9-7-15-16(12-35-21(15)29)17(24)11-18-26(37-18)22(30)25(19(38-25)20-27(24,26)39-20)8-2-10-34-23(31)36-14-5-3-13(4-6-14)28(32)33/h3-6,17-20H,2,7-12H2,1H3/t17-,18-,19-,20-,24-,25-,26+,27+/m0/s1. The molecule has 1 aromatic rings. The summed E-state index contributed by atoms with van der Waals surface area (Å²) in [6.45, 7) is 2.48. The van der Waals surface area contributed by atoms with Crippen molar-refractivity contribution in [3.63, 3.8) is 0 Å². The molecule has 12 heteroatoms. The lowest BCUT2D eigenvalue weighted by Crippen LogP contribution is -2.66. The minimum Gasteiger partial charge on any atom is -0.458 e. The van der Waals surface area contributed by atoms with Gasteiger partial charge in [0.25, 0.3) is 5.69 Å². The monoisotopic (exact) mass is 539 g/mol. The van der Waals surface area contributed by atoms with Crippen molar-refractivity contribution < 1.29 is 47.7 Å². The van der Waals surface area contributed by atoms with Gasteiger partial charge in [-0.2, -0.15) is 0 Å². The molecule has 7 aliphatic rings. The highest BCUT2D eigenvalue weighted by atomic mass is 16.7. The molecule has 0 amide bonds. The Hall–Kier alpha value is -3.35. The fourth-order valence-electron chi connectivity index (χ4n) is 8.31. The van der Waals surface area contributed by atoms with Crippen LogP contribution in [0.2, 0.25) is 0 Å². The number of Topliss-reactive ketones (excluding diaryl/α,β-unsaturated/α-hetero) is 1. The number of ketones is 1. The Kier molecular flexibility index (Phi) is 4.36. The molecule has 4 heterocycles. The molecule has 2 spiro atoms. The average molecular weight is 539 g/mol. The van der Waals surface area contributed by atoms with Crippen molar-refractivity contribution in [1.29, 1.82) is 0 Å². The van der Waals surface area contributed by atoms with Crippen LogP contribution in [-0.4, -0.2) is 71.2 Å². The predicted molar refractivity (Wildman–Crippen MR) is 126 cm³/mol. The second kappa shape index (κ2) is 7.23. The highest BCUT2D eigenvalue weighted by Crippen LogP contribution is 2.81. The Bertz CT molecular complexity index is 1400. The van der Waals surface area contributed by atoms with Crippen LogP contribution in [0.1, 0.15) is 39.0 Å². The van der Waals surface area contributed by atoms with E-state index in [1.54, 1.807) is 0 Å². The summed E-state index contributed by atoms with van der Waals surface area (Å²) in [6.07, 6.45) is 0.834. The second-order valence-corrected chi connectivity index (χ2v) is 11.7. The normalized spacial score (nSPS) is 43.5. The summed E-state index contributed by atoms with van der Waals surface area (Å²) in [5.74, 6) is -0.119. The number of hydrogen-bond donors (Lipinski definition) is 0. The summed E-state index contributed by atoms with van der Waals surface area (Å²) >= 11 is 0. The maximum Gasteiger partial charge on any atom is 0.513 e. The van der Waals surface area contributed by atoms with Crippen molar-refractivity contribution in [1.82, 2.24) is 0 Å². The van der Waals surface area contributed by atoms with Gasteiger partial charge in [0.1, 0.15) is 30.2 Å². The number of epoxide rings is 3. The number of carbonyl (C=O) groups is 3. The van der Waals surface area contributed by atoms with E-state index in [4.69, 9.17) is 28.4 Å². The molecule has 8 rings (SSSR count). The van der Waals surface area contributed by atoms with Crippen LogP contribution in [0.4, 0.5) is 10.5 Å². The molecule has 0 radical (unpaired) electrons. The number of ether oxygens (including phenoxy) is 6. The zero-order chi connectivity index (χ0) is 26.9. The van der Waals surface area contributed by atoms with E-state index in [0.717, 1.165) is 17.6 Å². The van der Waals surface area contributed by atoms with E-state index >= 15 is 0 Å². The Labute approximate surface area is 221 Å². The summed E-state index contributed by atoms with van der Waals surface area (Å²) in [6, 6.07) is 5.08. The molecule has 0 unspecified atom stereocenters. The van der Waals surface area contributed by atoms with Gasteiger partial charge in [-0.05, 0) is 55.7 Å².